The highest BCUT2D eigenvalue weighted by atomic mass is 32.2. The van der Waals surface area contributed by atoms with Gasteiger partial charge in [-0.05, 0) is 30.9 Å². The van der Waals surface area contributed by atoms with E-state index in [1.54, 1.807) is 23.1 Å². The Morgan fingerprint density at radius 3 is 2.67 bits per heavy atom. The largest absolute Gasteiger partial charge is 0.316 e. The number of thiazole rings is 1. The van der Waals surface area contributed by atoms with E-state index >= 15 is 0 Å². The van der Waals surface area contributed by atoms with Crippen molar-refractivity contribution in [2.75, 3.05) is 12.0 Å². The second-order valence-corrected chi connectivity index (χ2v) is 7.66. The van der Waals surface area contributed by atoms with Crippen LogP contribution in [0.25, 0.3) is 10.2 Å². The van der Waals surface area contributed by atoms with Gasteiger partial charge in [0, 0.05) is 12.3 Å². The van der Waals surface area contributed by atoms with Gasteiger partial charge >= 0.3 is 0 Å². The molecule has 1 heterocycles. The molecule has 24 heavy (non-hydrogen) atoms. The summed E-state index contributed by atoms with van der Waals surface area (Å²) in [5, 5.41) is 0. The van der Waals surface area contributed by atoms with Crippen LogP contribution < -0.4 is 4.80 Å². The molecule has 3 aromatic rings. The van der Waals surface area contributed by atoms with Crippen molar-refractivity contribution in [2.24, 2.45) is 4.99 Å². The lowest BCUT2D eigenvalue weighted by molar-refractivity contribution is -0.117. The summed E-state index contributed by atoms with van der Waals surface area (Å²) in [5.41, 5.74) is 3.35. The van der Waals surface area contributed by atoms with Crippen LogP contribution in [0.2, 0.25) is 0 Å². The highest BCUT2D eigenvalue weighted by Gasteiger charge is 2.08. The predicted octanol–water partition coefficient (Wildman–Crippen LogP) is 4.04. The SMILES string of the molecule is CSCCn1c(=NC(=O)Cc2ccc(C)cc2)sc2ccccc21. The number of carbonyl (C=O) groups is 1. The van der Waals surface area contributed by atoms with Gasteiger partial charge in [0.1, 0.15) is 0 Å². The second kappa shape index (κ2) is 7.81. The van der Waals surface area contributed by atoms with Crippen LogP contribution in [0, 0.1) is 6.92 Å². The Labute approximate surface area is 150 Å². The summed E-state index contributed by atoms with van der Waals surface area (Å²) in [6.45, 7) is 2.91. The summed E-state index contributed by atoms with van der Waals surface area (Å²) in [6, 6.07) is 16.3. The van der Waals surface area contributed by atoms with Crippen LogP contribution in [0.15, 0.2) is 53.5 Å². The molecule has 0 saturated heterocycles. The molecule has 1 aromatic heterocycles. The van der Waals surface area contributed by atoms with Gasteiger partial charge in [0.15, 0.2) is 4.80 Å². The Balaban J connectivity index is 1.93. The Kier molecular flexibility index (Phi) is 5.53. The molecule has 0 unspecified atom stereocenters. The van der Waals surface area contributed by atoms with Gasteiger partial charge in [0.05, 0.1) is 16.6 Å². The summed E-state index contributed by atoms with van der Waals surface area (Å²) in [7, 11) is 0. The zero-order valence-electron chi connectivity index (χ0n) is 13.9. The fraction of sp³-hybridized carbons (Fsp3) is 0.263. The van der Waals surface area contributed by atoms with Gasteiger partial charge in [-0.1, -0.05) is 53.3 Å². The topological polar surface area (TPSA) is 34.4 Å². The van der Waals surface area contributed by atoms with Crippen molar-refractivity contribution >= 4 is 39.2 Å². The first-order valence-corrected chi connectivity index (χ1v) is 10.1. The van der Waals surface area contributed by atoms with Gasteiger partial charge in [-0.15, -0.1) is 0 Å². The molecule has 0 bridgehead atoms. The summed E-state index contributed by atoms with van der Waals surface area (Å²) < 4.78 is 3.32. The van der Waals surface area contributed by atoms with E-state index < -0.39 is 0 Å². The Morgan fingerprint density at radius 2 is 1.92 bits per heavy atom. The number of thioether (sulfide) groups is 1. The molecular weight excluding hydrogens is 336 g/mol. The molecule has 3 nitrogen and oxygen atoms in total. The molecule has 0 radical (unpaired) electrons. The number of rotatable bonds is 5. The maximum absolute atomic E-state index is 12.4. The third-order valence-corrected chi connectivity index (χ3v) is 5.45. The second-order valence-electron chi connectivity index (χ2n) is 5.66. The number of nitrogens with zero attached hydrogens (tertiary/aromatic N) is 2. The number of carbonyl (C=O) groups excluding carboxylic acids is 1. The minimum absolute atomic E-state index is 0.0942. The van der Waals surface area contributed by atoms with E-state index in [0.717, 1.165) is 28.2 Å². The maximum atomic E-state index is 12.4. The minimum Gasteiger partial charge on any atom is -0.316 e. The monoisotopic (exact) mass is 356 g/mol. The van der Waals surface area contributed by atoms with Crippen molar-refractivity contribution in [1.29, 1.82) is 0 Å². The van der Waals surface area contributed by atoms with Crippen LogP contribution in [-0.4, -0.2) is 22.5 Å². The Bertz CT molecular complexity index is 907. The molecule has 2 aromatic carbocycles. The molecule has 0 atom stereocenters. The van der Waals surface area contributed by atoms with Crippen molar-refractivity contribution in [3.05, 3.63) is 64.5 Å². The van der Waals surface area contributed by atoms with Gasteiger partial charge in [-0.2, -0.15) is 16.8 Å². The number of para-hydroxylation sites is 1. The van der Waals surface area contributed by atoms with E-state index in [1.165, 1.54) is 10.3 Å². The van der Waals surface area contributed by atoms with E-state index in [9.17, 15) is 4.79 Å². The lowest BCUT2D eigenvalue weighted by Gasteiger charge is -2.03. The average molecular weight is 357 g/mol. The number of hydrogen-bond acceptors (Lipinski definition) is 3. The number of benzene rings is 2. The third-order valence-electron chi connectivity index (χ3n) is 3.80. The summed E-state index contributed by atoms with van der Waals surface area (Å²) >= 11 is 3.38. The van der Waals surface area contributed by atoms with Gasteiger partial charge in [0.25, 0.3) is 5.91 Å². The van der Waals surface area contributed by atoms with Crippen LogP contribution in [-0.2, 0) is 17.8 Å². The van der Waals surface area contributed by atoms with Crippen LogP contribution in [0.1, 0.15) is 11.1 Å². The number of amides is 1. The van der Waals surface area contributed by atoms with Crippen LogP contribution in [0.3, 0.4) is 0 Å². The van der Waals surface area contributed by atoms with Crippen molar-refractivity contribution in [1.82, 2.24) is 4.57 Å². The van der Waals surface area contributed by atoms with Gasteiger partial charge in [0.2, 0.25) is 0 Å². The van der Waals surface area contributed by atoms with E-state index in [2.05, 4.69) is 27.9 Å². The summed E-state index contributed by atoms with van der Waals surface area (Å²) in [6.07, 6.45) is 2.44. The third kappa shape index (κ3) is 3.97. The molecule has 124 valence electrons. The summed E-state index contributed by atoms with van der Waals surface area (Å²) in [5.74, 6) is 0.906. The fourth-order valence-electron chi connectivity index (χ4n) is 2.53. The molecule has 0 saturated carbocycles. The molecule has 0 N–H and O–H groups in total. The summed E-state index contributed by atoms with van der Waals surface area (Å²) in [4.78, 5) is 17.6. The zero-order chi connectivity index (χ0) is 16.9. The predicted molar refractivity (Wildman–Crippen MR) is 104 cm³/mol. The Morgan fingerprint density at radius 1 is 1.17 bits per heavy atom. The number of aromatic nitrogens is 1. The molecule has 0 aliphatic carbocycles. The normalized spacial score (nSPS) is 12.0. The first-order chi connectivity index (χ1) is 11.7. The van der Waals surface area contributed by atoms with Crippen LogP contribution >= 0.6 is 23.1 Å². The maximum Gasteiger partial charge on any atom is 0.252 e. The van der Waals surface area contributed by atoms with Crippen LogP contribution in [0.4, 0.5) is 0 Å². The first kappa shape index (κ1) is 17.0. The molecular formula is C19H20N2OS2. The fourth-order valence-corrected chi connectivity index (χ4v) is 3.97. The molecule has 0 aliphatic heterocycles. The molecule has 0 aliphatic rings. The van der Waals surface area contributed by atoms with Gasteiger partial charge < -0.3 is 4.57 Å². The van der Waals surface area contributed by atoms with Gasteiger partial charge in [-0.3, -0.25) is 4.79 Å². The lowest BCUT2D eigenvalue weighted by Crippen LogP contribution is -2.18. The average Bonchev–Trinajstić information content (AvgIpc) is 2.92. The molecule has 5 heteroatoms. The quantitative estimate of drug-likeness (QED) is 0.691. The van der Waals surface area contributed by atoms with E-state index in [-0.39, 0.29) is 5.91 Å². The highest BCUT2D eigenvalue weighted by Crippen LogP contribution is 2.17. The Hall–Kier alpha value is -1.85. The highest BCUT2D eigenvalue weighted by molar-refractivity contribution is 7.98. The standard InChI is InChI=1S/C19H20N2OS2/c1-14-7-9-15(10-8-14)13-18(22)20-19-21(11-12-23-2)16-5-3-4-6-17(16)24-19/h3-10H,11-13H2,1-2H3. The molecule has 3 rings (SSSR count). The first-order valence-electron chi connectivity index (χ1n) is 7.88. The van der Waals surface area contributed by atoms with E-state index in [0.29, 0.717) is 6.42 Å². The molecule has 1 amide bonds. The van der Waals surface area contributed by atoms with E-state index in [1.807, 2.05) is 43.3 Å². The minimum atomic E-state index is -0.0942. The van der Waals surface area contributed by atoms with Gasteiger partial charge in [-0.25, -0.2) is 0 Å². The van der Waals surface area contributed by atoms with E-state index in [4.69, 9.17) is 0 Å². The van der Waals surface area contributed by atoms with Crippen molar-refractivity contribution in [2.45, 2.75) is 19.9 Å². The smallest absolute Gasteiger partial charge is 0.252 e. The van der Waals surface area contributed by atoms with Crippen LogP contribution in [0.5, 0.6) is 0 Å². The molecule has 0 fully saturated rings. The number of aryl methyl sites for hydroxylation is 2. The lowest BCUT2D eigenvalue weighted by atomic mass is 10.1. The zero-order valence-corrected chi connectivity index (χ0v) is 15.5. The van der Waals surface area contributed by atoms with Crippen molar-refractivity contribution in [3.8, 4) is 0 Å². The number of hydrogen-bond donors (Lipinski definition) is 0. The van der Waals surface area contributed by atoms with Crippen molar-refractivity contribution < 1.29 is 4.79 Å². The number of fused-ring (bicyclic) bond motifs is 1. The molecule has 0 spiro atoms. The van der Waals surface area contributed by atoms with Crippen molar-refractivity contribution in [3.63, 3.8) is 0 Å².